The average Bonchev–Trinajstić information content (AvgIpc) is 2.64. The molecule has 82 valence electrons. The van der Waals surface area contributed by atoms with Crippen LogP contribution in [0.5, 0.6) is 0 Å². The highest BCUT2D eigenvalue weighted by atomic mass is 35.5. The summed E-state index contributed by atoms with van der Waals surface area (Å²) in [7, 11) is 0. The summed E-state index contributed by atoms with van der Waals surface area (Å²) in [5.41, 5.74) is 5.83. The number of thiophene rings is 1. The van der Waals surface area contributed by atoms with Crippen molar-refractivity contribution in [1.29, 1.82) is 0 Å². The number of halogens is 1. The van der Waals surface area contributed by atoms with E-state index in [-0.39, 0.29) is 11.9 Å². The van der Waals surface area contributed by atoms with E-state index >= 15 is 0 Å². The summed E-state index contributed by atoms with van der Waals surface area (Å²) in [6.45, 7) is 1.47. The molecule has 3 nitrogen and oxygen atoms in total. The van der Waals surface area contributed by atoms with Gasteiger partial charge in [-0.1, -0.05) is 11.6 Å². The Morgan fingerprint density at radius 3 is 3.00 bits per heavy atom. The Hall–Kier alpha value is -0.580. The van der Waals surface area contributed by atoms with Crippen molar-refractivity contribution in [1.82, 2.24) is 4.90 Å². The van der Waals surface area contributed by atoms with E-state index in [0.29, 0.717) is 15.8 Å². The first-order valence-corrected chi connectivity index (χ1v) is 6.16. The number of nitrogens with two attached hydrogens (primary N) is 1. The molecule has 2 N–H and O–H groups in total. The Bertz CT molecular complexity index is 366. The second-order valence-electron chi connectivity index (χ2n) is 3.76. The lowest BCUT2D eigenvalue weighted by molar-refractivity contribution is 0.0714. The van der Waals surface area contributed by atoms with E-state index in [1.165, 1.54) is 11.3 Å². The van der Waals surface area contributed by atoms with Gasteiger partial charge in [0.1, 0.15) is 0 Å². The van der Waals surface area contributed by atoms with E-state index in [1.54, 1.807) is 12.1 Å². The first-order chi connectivity index (χ1) is 7.16. The Morgan fingerprint density at radius 1 is 1.60 bits per heavy atom. The number of nitrogens with zero attached hydrogens (tertiary/aromatic N) is 1. The number of amides is 1. The predicted molar refractivity (Wildman–Crippen MR) is 62.4 cm³/mol. The molecule has 1 unspecified atom stereocenters. The van der Waals surface area contributed by atoms with Crippen molar-refractivity contribution in [2.75, 3.05) is 13.1 Å². The van der Waals surface area contributed by atoms with E-state index in [4.69, 9.17) is 17.3 Å². The molecule has 2 rings (SSSR count). The quantitative estimate of drug-likeness (QED) is 0.821. The fourth-order valence-corrected chi connectivity index (χ4v) is 2.79. The summed E-state index contributed by atoms with van der Waals surface area (Å²) < 4.78 is 0.652. The zero-order valence-electron chi connectivity index (χ0n) is 8.28. The van der Waals surface area contributed by atoms with Crippen molar-refractivity contribution in [3.8, 4) is 0 Å². The Kier molecular flexibility index (Phi) is 3.29. The van der Waals surface area contributed by atoms with Gasteiger partial charge in [0, 0.05) is 19.1 Å². The number of carbonyl (C=O) groups excluding carboxylic acids is 1. The van der Waals surface area contributed by atoms with Crippen molar-refractivity contribution >= 4 is 28.8 Å². The van der Waals surface area contributed by atoms with Gasteiger partial charge in [-0.15, -0.1) is 11.3 Å². The SMILES string of the molecule is NC1CCCN(C(=O)c2ccc(Cl)s2)C1. The molecule has 0 radical (unpaired) electrons. The Morgan fingerprint density at radius 2 is 2.40 bits per heavy atom. The van der Waals surface area contributed by atoms with Crippen LogP contribution in [0.2, 0.25) is 4.34 Å². The lowest BCUT2D eigenvalue weighted by Gasteiger charge is -2.30. The average molecular weight is 245 g/mol. The van der Waals surface area contributed by atoms with Crippen LogP contribution in [0.1, 0.15) is 22.5 Å². The van der Waals surface area contributed by atoms with Crippen molar-refractivity contribution in [2.24, 2.45) is 5.73 Å². The maximum atomic E-state index is 12.0. The number of hydrogen-bond acceptors (Lipinski definition) is 3. The lowest BCUT2D eigenvalue weighted by Crippen LogP contribution is -2.45. The summed E-state index contributed by atoms with van der Waals surface area (Å²) in [5.74, 6) is 0.0575. The summed E-state index contributed by atoms with van der Waals surface area (Å²) >= 11 is 7.12. The van der Waals surface area contributed by atoms with Gasteiger partial charge >= 0.3 is 0 Å². The smallest absolute Gasteiger partial charge is 0.264 e. The maximum absolute atomic E-state index is 12.0. The van der Waals surface area contributed by atoms with Gasteiger partial charge in [0.25, 0.3) is 5.91 Å². The number of likely N-dealkylation sites (tertiary alicyclic amines) is 1. The minimum atomic E-state index is 0.0575. The zero-order chi connectivity index (χ0) is 10.8. The highest BCUT2D eigenvalue weighted by Gasteiger charge is 2.23. The van der Waals surface area contributed by atoms with Crippen LogP contribution in [0.3, 0.4) is 0 Å². The second kappa shape index (κ2) is 4.51. The first-order valence-electron chi connectivity index (χ1n) is 4.97. The van der Waals surface area contributed by atoms with Crippen LogP contribution in [-0.4, -0.2) is 29.9 Å². The number of rotatable bonds is 1. The minimum absolute atomic E-state index is 0.0575. The third-order valence-electron chi connectivity index (χ3n) is 2.53. The van der Waals surface area contributed by atoms with E-state index < -0.39 is 0 Å². The van der Waals surface area contributed by atoms with E-state index in [1.807, 2.05) is 4.90 Å². The van der Waals surface area contributed by atoms with Crippen LogP contribution < -0.4 is 5.73 Å². The van der Waals surface area contributed by atoms with Gasteiger partial charge in [0.05, 0.1) is 9.21 Å². The molecule has 0 saturated carbocycles. The molecular weight excluding hydrogens is 232 g/mol. The normalized spacial score (nSPS) is 21.7. The van der Waals surface area contributed by atoms with Crippen molar-refractivity contribution in [3.63, 3.8) is 0 Å². The van der Waals surface area contributed by atoms with Crippen LogP contribution in [0, 0.1) is 0 Å². The van der Waals surface area contributed by atoms with Gasteiger partial charge in [0.15, 0.2) is 0 Å². The molecular formula is C10H13ClN2OS. The van der Waals surface area contributed by atoms with E-state index in [2.05, 4.69) is 0 Å². The van der Waals surface area contributed by atoms with Crippen LogP contribution in [-0.2, 0) is 0 Å². The molecule has 0 aromatic carbocycles. The predicted octanol–water partition coefficient (Wildman–Crippen LogP) is 1.96. The Balaban J connectivity index is 2.07. The molecule has 5 heteroatoms. The molecule has 1 aliphatic rings. The highest BCUT2D eigenvalue weighted by molar-refractivity contribution is 7.17. The molecule has 0 spiro atoms. The van der Waals surface area contributed by atoms with Gasteiger partial charge in [-0.05, 0) is 25.0 Å². The summed E-state index contributed by atoms with van der Waals surface area (Å²) in [4.78, 5) is 14.5. The van der Waals surface area contributed by atoms with E-state index in [9.17, 15) is 4.79 Å². The molecule has 1 amide bonds. The molecule has 1 aliphatic heterocycles. The topological polar surface area (TPSA) is 46.3 Å². The van der Waals surface area contributed by atoms with Gasteiger partial charge in [0.2, 0.25) is 0 Å². The number of carbonyl (C=O) groups is 1. The molecule has 0 aliphatic carbocycles. The molecule has 15 heavy (non-hydrogen) atoms. The monoisotopic (exact) mass is 244 g/mol. The fourth-order valence-electron chi connectivity index (χ4n) is 1.78. The number of piperidine rings is 1. The third-order valence-corrected chi connectivity index (χ3v) is 3.75. The Labute approximate surface area is 97.8 Å². The summed E-state index contributed by atoms with van der Waals surface area (Å²) in [6, 6.07) is 3.65. The van der Waals surface area contributed by atoms with E-state index in [0.717, 1.165) is 19.4 Å². The molecule has 1 atom stereocenters. The molecule has 1 saturated heterocycles. The summed E-state index contributed by atoms with van der Waals surface area (Å²) in [5, 5.41) is 0. The van der Waals surface area contributed by atoms with Crippen molar-refractivity contribution in [2.45, 2.75) is 18.9 Å². The first kappa shape index (κ1) is 10.9. The molecule has 1 fully saturated rings. The van der Waals surface area contributed by atoms with Crippen LogP contribution in [0.25, 0.3) is 0 Å². The minimum Gasteiger partial charge on any atom is -0.336 e. The van der Waals surface area contributed by atoms with Crippen LogP contribution in [0.15, 0.2) is 12.1 Å². The van der Waals surface area contributed by atoms with Crippen LogP contribution in [0.4, 0.5) is 0 Å². The molecule has 0 bridgehead atoms. The molecule has 1 aromatic rings. The van der Waals surface area contributed by atoms with Gasteiger partial charge in [-0.3, -0.25) is 4.79 Å². The highest BCUT2D eigenvalue weighted by Crippen LogP contribution is 2.23. The molecule has 1 aromatic heterocycles. The lowest BCUT2D eigenvalue weighted by atomic mass is 10.1. The van der Waals surface area contributed by atoms with Crippen LogP contribution >= 0.6 is 22.9 Å². The molecule has 2 heterocycles. The van der Waals surface area contributed by atoms with Gasteiger partial charge < -0.3 is 10.6 Å². The standard InChI is InChI=1S/C10H13ClN2OS/c11-9-4-3-8(15-9)10(14)13-5-1-2-7(12)6-13/h3-4,7H,1-2,5-6,12H2. The third kappa shape index (κ3) is 2.51. The summed E-state index contributed by atoms with van der Waals surface area (Å²) in [6.07, 6.45) is 2.00. The number of hydrogen-bond donors (Lipinski definition) is 1. The second-order valence-corrected chi connectivity index (χ2v) is 5.47. The zero-order valence-corrected chi connectivity index (χ0v) is 9.85. The fraction of sp³-hybridized carbons (Fsp3) is 0.500. The van der Waals surface area contributed by atoms with Gasteiger partial charge in [-0.25, -0.2) is 0 Å². The largest absolute Gasteiger partial charge is 0.336 e. The van der Waals surface area contributed by atoms with Crippen molar-refractivity contribution in [3.05, 3.63) is 21.3 Å². The van der Waals surface area contributed by atoms with Crippen molar-refractivity contribution < 1.29 is 4.79 Å². The maximum Gasteiger partial charge on any atom is 0.264 e. The van der Waals surface area contributed by atoms with Gasteiger partial charge in [-0.2, -0.15) is 0 Å².